The molecule has 4 N–H and O–H groups in total. The smallest absolute Gasteiger partial charge is 0.249 e. The van der Waals surface area contributed by atoms with Crippen LogP contribution in [0, 0.1) is 0 Å². The van der Waals surface area contributed by atoms with Crippen LogP contribution in [0.4, 0.5) is 0 Å². The normalized spacial score (nSPS) is 13.8. The number of carbonyl (C=O) groups is 1. The van der Waals surface area contributed by atoms with Crippen molar-refractivity contribution in [3.05, 3.63) is 36.5 Å². The first-order valence-corrected chi connectivity index (χ1v) is 23.3. The van der Waals surface area contributed by atoms with Crippen molar-refractivity contribution in [3.63, 3.8) is 0 Å². The van der Waals surface area contributed by atoms with Gasteiger partial charge in [0.1, 0.15) is 6.10 Å². The molecule has 0 heterocycles. The minimum Gasteiger partial charge on any atom is -0.394 e. The van der Waals surface area contributed by atoms with Crippen LogP contribution in [0.5, 0.6) is 0 Å². The molecule has 0 aliphatic rings. The third kappa shape index (κ3) is 38.6. The van der Waals surface area contributed by atoms with E-state index in [1.807, 2.05) is 6.08 Å². The first-order chi connectivity index (χ1) is 26.1. The predicted molar refractivity (Wildman–Crippen MR) is 231 cm³/mol. The number of hydrogen-bond donors (Lipinski definition) is 4. The maximum atomic E-state index is 12.5. The Labute approximate surface area is 330 Å². The number of hydrogen-bond acceptors (Lipinski definition) is 4. The molecule has 312 valence electrons. The van der Waals surface area contributed by atoms with Crippen LogP contribution in [0.15, 0.2) is 36.5 Å². The van der Waals surface area contributed by atoms with Gasteiger partial charge in [-0.15, -0.1) is 0 Å². The summed E-state index contributed by atoms with van der Waals surface area (Å²) in [4.78, 5) is 12.5. The molecular weight excluding hydrogens is 655 g/mol. The third-order valence-electron chi connectivity index (χ3n) is 10.7. The van der Waals surface area contributed by atoms with Gasteiger partial charge in [-0.2, -0.15) is 0 Å². The number of carbonyl (C=O) groups excluding carboxylic acids is 1. The van der Waals surface area contributed by atoms with Gasteiger partial charge in [0, 0.05) is 0 Å². The lowest BCUT2D eigenvalue weighted by atomic mass is 10.0. The molecule has 0 aliphatic carbocycles. The maximum absolute atomic E-state index is 12.5. The van der Waals surface area contributed by atoms with E-state index < -0.39 is 24.2 Å². The molecule has 3 unspecified atom stereocenters. The largest absolute Gasteiger partial charge is 0.394 e. The number of aliphatic hydroxyl groups excluding tert-OH is 3. The second-order valence-corrected chi connectivity index (χ2v) is 16.0. The Balaban J connectivity index is 3.71. The van der Waals surface area contributed by atoms with E-state index in [-0.39, 0.29) is 6.61 Å². The topological polar surface area (TPSA) is 89.8 Å². The summed E-state index contributed by atoms with van der Waals surface area (Å²) >= 11 is 0. The summed E-state index contributed by atoms with van der Waals surface area (Å²) in [5.41, 5.74) is 0. The van der Waals surface area contributed by atoms with Crippen molar-refractivity contribution in [2.75, 3.05) is 6.61 Å². The monoisotopic (exact) mass is 746 g/mol. The van der Waals surface area contributed by atoms with Gasteiger partial charge in [-0.05, 0) is 44.9 Å². The molecule has 5 heteroatoms. The molecule has 3 atom stereocenters. The van der Waals surface area contributed by atoms with Crippen LogP contribution in [0.25, 0.3) is 0 Å². The number of nitrogens with one attached hydrogen (secondary N) is 1. The minimum atomic E-state index is -1.11. The zero-order valence-corrected chi connectivity index (χ0v) is 35.4. The second-order valence-electron chi connectivity index (χ2n) is 16.0. The number of unbranched alkanes of at least 4 members (excludes halogenated alkanes) is 30. The Morgan fingerprint density at radius 3 is 1.15 bits per heavy atom. The van der Waals surface area contributed by atoms with Crippen LogP contribution >= 0.6 is 0 Å². The lowest BCUT2D eigenvalue weighted by molar-refractivity contribution is -0.131. The third-order valence-corrected chi connectivity index (χ3v) is 10.7. The molecule has 53 heavy (non-hydrogen) atoms. The number of amides is 1. The summed E-state index contributed by atoms with van der Waals surface area (Å²) in [6.45, 7) is 4.18. The van der Waals surface area contributed by atoms with Crippen LogP contribution < -0.4 is 5.32 Å². The standard InChI is InChI=1S/C48H91NO4/c1-3-5-7-9-11-13-15-17-19-21-22-23-24-25-27-28-30-32-34-36-38-40-42-46(51)45(44-50)49-48(53)47(52)43-41-39-37-35-33-31-29-26-20-18-16-14-12-10-8-6-4-2/h25,27,32,34,40,42,45-47,50-52H,3-24,26,28-31,33,35-39,41,43-44H2,1-2H3,(H,49,53)/b27-25+,34-32+,42-40+. The molecule has 1 amide bonds. The van der Waals surface area contributed by atoms with Gasteiger partial charge in [-0.3, -0.25) is 4.79 Å². The van der Waals surface area contributed by atoms with Gasteiger partial charge in [0.05, 0.1) is 18.8 Å². The van der Waals surface area contributed by atoms with Gasteiger partial charge in [0.2, 0.25) is 5.91 Å². The highest BCUT2D eigenvalue weighted by Gasteiger charge is 2.22. The van der Waals surface area contributed by atoms with Crippen LogP contribution in [-0.2, 0) is 4.79 Å². The van der Waals surface area contributed by atoms with Crippen molar-refractivity contribution in [2.45, 2.75) is 257 Å². The van der Waals surface area contributed by atoms with Gasteiger partial charge in [-0.25, -0.2) is 0 Å². The average Bonchev–Trinajstić information content (AvgIpc) is 3.16. The Morgan fingerprint density at radius 1 is 0.453 bits per heavy atom. The molecule has 0 spiro atoms. The lowest BCUT2D eigenvalue weighted by Crippen LogP contribution is -2.48. The second kappa shape index (κ2) is 43.3. The Hall–Kier alpha value is -1.43. The van der Waals surface area contributed by atoms with Crippen molar-refractivity contribution in [2.24, 2.45) is 0 Å². The van der Waals surface area contributed by atoms with E-state index in [1.54, 1.807) is 6.08 Å². The van der Waals surface area contributed by atoms with Gasteiger partial charge < -0.3 is 20.6 Å². The van der Waals surface area contributed by atoms with Crippen molar-refractivity contribution in [1.29, 1.82) is 0 Å². The molecule has 0 aromatic carbocycles. The van der Waals surface area contributed by atoms with Crippen LogP contribution in [0.3, 0.4) is 0 Å². The van der Waals surface area contributed by atoms with E-state index in [1.165, 1.54) is 173 Å². The summed E-state index contributed by atoms with van der Waals surface area (Å²) < 4.78 is 0. The van der Waals surface area contributed by atoms with Crippen molar-refractivity contribution in [3.8, 4) is 0 Å². The molecule has 0 aromatic rings. The maximum Gasteiger partial charge on any atom is 0.249 e. The van der Waals surface area contributed by atoms with E-state index in [9.17, 15) is 20.1 Å². The summed E-state index contributed by atoms with van der Waals surface area (Å²) in [6.07, 6.45) is 54.7. The molecule has 0 rings (SSSR count). The van der Waals surface area contributed by atoms with Gasteiger partial charge in [0.15, 0.2) is 0 Å². The van der Waals surface area contributed by atoms with Crippen LogP contribution in [0.2, 0.25) is 0 Å². The van der Waals surface area contributed by atoms with Crippen LogP contribution in [0.1, 0.15) is 239 Å². The summed E-state index contributed by atoms with van der Waals surface area (Å²) in [6, 6.07) is -0.818. The van der Waals surface area contributed by atoms with E-state index in [0.717, 1.165) is 44.9 Å². The van der Waals surface area contributed by atoms with Gasteiger partial charge >= 0.3 is 0 Å². The number of aliphatic hydroxyl groups is 3. The van der Waals surface area contributed by atoms with Gasteiger partial charge in [-0.1, -0.05) is 230 Å². The highest BCUT2D eigenvalue weighted by atomic mass is 16.3. The zero-order valence-electron chi connectivity index (χ0n) is 35.4. The van der Waals surface area contributed by atoms with Crippen molar-refractivity contribution in [1.82, 2.24) is 5.32 Å². The molecular formula is C48H91NO4. The summed E-state index contributed by atoms with van der Waals surface area (Å²) in [5, 5.41) is 33.2. The number of rotatable bonds is 42. The van der Waals surface area contributed by atoms with E-state index >= 15 is 0 Å². The highest BCUT2D eigenvalue weighted by molar-refractivity contribution is 5.80. The molecule has 0 bridgehead atoms. The van der Waals surface area contributed by atoms with Gasteiger partial charge in [0.25, 0.3) is 0 Å². The molecule has 0 aromatic heterocycles. The fraction of sp³-hybridized carbons (Fsp3) is 0.854. The van der Waals surface area contributed by atoms with Crippen molar-refractivity contribution >= 4 is 5.91 Å². The molecule has 0 aliphatic heterocycles. The lowest BCUT2D eigenvalue weighted by Gasteiger charge is -2.21. The summed E-state index contributed by atoms with van der Waals surface area (Å²) in [5.74, 6) is -0.515. The molecule has 0 saturated heterocycles. The van der Waals surface area contributed by atoms with E-state index in [2.05, 4.69) is 43.5 Å². The average molecular weight is 746 g/mol. The highest BCUT2D eigenvalue weighted by Crippen LogP contribution is 2.16. The number of allylic oxidation sites excluding steroid dienone is 5. The minimum absolute atomic E-state index is 0.379. The van der Waals surface area contributed by atoms with E-state index in [4.69, 9.17) is 0 Å². The SMILES string of the molecule is CCCCCCCCCCCCCC/C=C/CC/C=C/CC/C=C/C(O)C(CO)NC(=O)C(O)CCCCCCCCCCCCCCCCCCC. The molecule has 0 saturated carbocycles. The van der Waals surface area contributed by atoms with Crippen LogP contribution in [-0.4, -0.2) is 46.1 Å². The Kier molecular flexibility index (Phi) is 42.1. The first kappa shape index (κ1) is 51.6. The first-order valence-electron chi connectivity index (χ1n) is 23.3. The Bertz CT molecular complexity index is 824. The molecule has 5 nitrogen and oxygen atoms in total. The summed E-state index contributed by atoms with van der Waals surface area (Å²) in [7, 11) is 0. The Morgan fingerprint density at radius 2 is 0.774 bits per heavy atom. The fourth-order valence-electron chi connectivity index (χ4n) is 7.04. The predicted octanol–water partition coefficient (Wildman–Crippen LogP) is 13.5. The molecule has 0 radical (unpaired) electrons. The van der Waals surface area contributed by atoms with E-state index in [0.29, 0.717) is 6.42 Å². The molecule has 0 fully saturated rings. The fourth-order valence-corrected chi connectivity index (χ4v) is 7.04. The van der Waals surface area contributed by atoms with Crippen molar-refractivity contribution < 1.29 is 20.1 Å². The zero-order chi connectivity index (χ0) is 38.7. The quantitative estimate of drug-likeness (QED) is 0.0370.